The summed E-state index contributed by atoms with van der Waals surface area (Å²) in [5.74, 6) is -0.768. The summed E-state index contributed by atoms with van der Waals surface area (Å²) in [6.45, 7) is -1.80. The average molecular weight is 538 g/mol. The summed E-state index contributed by atoms with van der Waals surface area (Å²) in [6.07, 6.45) is -5.76. The molecule has 1 aromatic heterocycles. The van der Waals surface area contributed by atoms with Crippen LogP contribution < -0.4 is 11.0 Å². The number of alkyl halides is 3. The number of aliphatic hydroxyl groups is 1. The van der Waals surface area contributed by atoms with Crippen LogP contribution in [-0.2, 0) is 17.9 Å². The van der Waals surface area contributed by atoms with Gasteiger partial charge in [-0.15, -0.1) is 5.10 Å². The summed E-state index contributed by atoms with van der Waals surface area (Å²) in [5.41, 5.74) is -0.192. The molecule has 34 heavy (non-hydrogen) atoms. The lowest BCUT2D eigenvalue weighted by molar-refractivity contribution is -0.136. The van der Waals surface area contributed by atoms with Crippen LogP contribution in [0.3, 0.4) is 0 Å². The van der Waals surface area contributed by atoms with Crippen LogP contribution >= 0.6 is 34.8 Å². The quantitative estimate of drug-likeness (QED) is 0.444. The van der Waals surface area contributed by atoms with Crippen LogP contribution in [0.5, 0.6) is 0 Å². The van der Waals surface area contributed by atoms with Crippen molar-refractivity contribution in [1.29, 1.82) is 0 Å². The first-order chi connectivity index (χ1) is 16.0. The van der Waals surface area contributed by atoms with Gasteiger partial charge in [0.25, 0.3) is 0 Å². The maximum absolute atomic E-state index is 12.8. The van der Waals surface area contributed by atoms with Gasteiger partial charge < -0.3 is 10.4 Å². The highest BCUT2D eigenvalue weighted by molar-refractivity contribution is 6.42. The smallest absolute Gasteiger partial charge is 0.390 e. The van der Waals surface area contributed by atoms with Crippen LogP contribution in [0.1, 0.15) is 18.0 Å². The van der Waals surface area contributed by atoms with Crippen molar-refractivity contribution in [2.75, 3.05) is 6.61 Å². The highest BCUT2D eigenvalue weighted by Gasteiger charge is 2.29. The third kappa shape index (κ3) is 6.32. The van der Waals surface area contributed by atoms with Gasteiger partial charge in [-0.1, -0.05) is 46.9 Å². The maximum Gasteiger partial charge on any atom is 0.390 e. The Kier molecular flexibility index (Phi) is 8.29. The first-order valence-electron chi connectivity index (χ1n) is 9.84. The van der Waals surface area contributed by atoms with Gasteiger partial charge in [0.2, 0.25) is 5.91 Å². The summed E-state index contributed by atoms with van der Waals surface area (Å²) in [7, 11) is 0. The van der Waals surface area contributed by atoms with E-state index in [-0.39, 0.29) is 15.9 Å². The van der Waals surface area contributed by atoms with Gasteiger partial charge in [-0.2, -0.15) is 13.2 Å². The Bertz CT molecular complexity index is 1230. The van der Waals surface area contributed by atoms with Crippen LogP contribution in [-0.4, -0.2) is 38.1 Å². The molecule has 0 aliphatic rings. The molecule has 1 unspecified atom stereocenters. The molecule has 1 heterocycles. The van der Waals surface area contributed by atoms with Gasteiger partial charge in [0.1, 0.15) is 6.54 Å². The Balaban J connectivity index is 1.88. The average Bonchev–Trinajstić information content (AvgIpc) is 3.08. The standard InChI is InChI=1S/C21H18Cl3F3N4O3/c22-13-6-4-12(5-7-13)19-29-31(20(34)30(19)9-8-21(25,26)27)10-17(33)28-16(11-32)14-2-1-3-15(23)18(14)24/h1-7,16,32H,8-11H2,(H,28,33). The minimum Gasteiger partial charge on any atom is -0.394 e. The number of nitrogens with one attached hydrogen (secondary N) is 1. The van der Waals surface area contributed by atoms with Crippen molar-refractivity contribution in [3.05, 3.63) is 73.6 Å². The molecule has 182 valence electrons. The zero-order chi connectivity index (χ0) is 25.0. The van der Waals surface area contributed by atoms with Gasteiger partial charge in [0, 0.05) is 17.1 Å². The number of aliphatic hydroxyl groups excluding tert-OH is 1. The first-order valence-corrected chi connectivity index (χ1v) is 11.0. The first kappa shape index (κ1) is 26.1. The summed E-state index contributed by atoms with van der Waals surface area (Å²) in [5, 5.41) is 17.1. The summed E-state index contributed by atoms with van der Waals surface area (Å²) in [4.78, 5) is 25.4. The van der Waals surface area contributed by atoms with E-state index in [1.807, 2.05) is 0 Å². The second-order valence-electron chi connectivity index (χ2n) is 7.23. The molecule has 0 saturated carbocycles. The number of aromatic nitrogens is 3. The SMILES string of the molecule is O=C(Cn1nc(-c2ccc(Cl)cc2)n(CCC(F)(F)F)c1=O)NC(CO)c1cccc(Cl)c1Cl. The topological polar surface area (TPSA) is 89.2 Å². The highest BCUT2D eigenvalue weighted by atomic mass is 35.5. The predicted octanol–water partition coefficient (Wildman–Crippen LogP) is 4.47. The lowest BCUT2D eigenvalue weighted by Gasteiger charge is -2.18. The molecule has 1 amide bonds. The largest absolute Gasteiger partial charge is 0.394 e. The minimum absolute atomic E-state index is 0.0460. The molecule has 0 spiro atoms. The molecule has 0 fully saturated rings. The van der Waals surface area contributed by atoms with Crippen molar-refractivity contribution in [2.45, 2.75) is 31.7 Å². The van der Waals surface area contributed by atoms with E-state index in [1.54, 1.807) is 12.1 Å². The molecule has 13 heteroatoms. The fourth-order valence-corrected chi connectivity index (χ4v) is 3.75. The summed E-state index contributed by atoms with van der Waals surface area (Å²) >= 11 is 18.0. The van der Waals surface area contributed by atoms with E-state index in [0.717, 1.165) is 9.25 Å². The number of hydrogen-bond donors (Lipinski definition) is 2. The molecule has 0 saturated heterocycles. The van der Waals surface area contributed by atoms with Gasteiger partial charge in [-0.05, 0) is 35.9 Å². The number of benzene rings is 2. The second kappa shape index (κ2) is 10.8. The summed E-state index contributed by atoms with van der Waals surface area (Å²) in [6, 6.07) is 9.76. The maximum atomic E-state index is 12.8. The Morgan fingerprint density at radius 3 is 2.41 bits per heavy atom. The molecular formula is C21H18Cl3F3N4O3. The Hall–Kier alpha value is -2.53. The second-order valence-corrected chi connectivity index (χ2v) is 8.45. The lowest BCUT2D eigenvalue weighted by atomic mass is 10.1. The molecule has 0 radical (unpaired) electrons. The molecule has 1 atom stereocenters. The number of rotatable bonds is 8. The van der Waals surface area contributed by atoms with Gasteiger partial charge in [-0.25, -0.2) is 9.48 Å². The number of carbonyl (C=O) groups excluding carboxylic acids is 1. The van der Waals surface area contributed by atoms with E-state index >= 15 is 0 Å². The van der Waals surface area contributed by atoms with E-state index in [0.29, 0.717) is 16.1 Å². The Morgan fingerprint density at radius 1 is 1.12 bits per heavy atom. The van der Waals surface area contributed by atoms with E-state index in [4.69, 9.17) is 34.8 Å². The van der Waals surface area contributed by atoms with Crippen LogP contribution in [0.25, 0.3) is 11.4 Å². The Labute approximate surface area is 206 Å². The molecule has 2 aromatic carbocycles. The highest BCUT2D eigenvalue weighted by Crippen LogP contribution is 2.30. The van der Waals surface area contributed by atoms with Crippen LogP contribution in [0, 0.1) is 0 Å². The number of amides is 1. The van der Waals surface area contributed by atoms with Gasteiger partial charge in [-0.3, -0.25) is 9.36 Å². The van der Waals surface area contributed by atoms with E-state index < -0.39 is 49.9 Å². The molecule has 2 N–H and O–H groups in total. The minimum atomic E-state index is -4.50. The third-order valence-corrected chi connectivity index (χ3v) is 5.90. The van der Waals surface area contributed by atoms with Gasteiger partial charge >= 0.3 is 11.9 Å². The molecule has 7 nitrogen and oxygen atoms in total. The molecule has 0 aliphatic heterocycles. The molecule has 0 bridgehead atoms. The molecule has 3 aromatic rings. The number of nitrogens with zero attached hydrogens (tertiary/aromatic N) is 3. The van der Waals surface area contributed by atoms with Crippen molar-refractivity contribution < 1.29 is 23.1 Å². The van der Waals surface area contributed by atoms with E-state index in [2.05, 4.69) is 10.4 Å². The van der Waals surface area contributed by atoms with E-state index in [9.17, 15) is 27.9 Å². The predicted molar refractivity (Wildman–Crippen MR) is 122 cm³/mol. The summed E-state index contributed by atoms with van der Waals surface area (Å²) < 4.78 is 40.0. The van der Waals surface area contributed by atoms with Crippen molar-refractivity contribution in [1.82, 2.24) is 19.7 Å². The number of carbonyl (C=O) groups is 1. The third-order valence-electron chi connectivity index (χ3n) is 4.81. The molecule has 0 aliphatic carbocycles. The van der Waals surface area contributed by atoms with E-state index in [1.165, 1.54) is 30.3 Å². The molecule has 3 rings (SSSR count). The number of hydrogen-bond acceptors (Lipinski definition) is 4. The van der Waals surface area contributed by atoms with Crippen molar-refractivity contribution in [3.8, 4) is 11.4 Å². The van der Waals surface area contributed by atoms with Crippen LogP contribution in [0.15, 0.2) is 47.3 Å². The van der Waals surface area contributed by atoms with Crippen molar-refractivity contribution in [2.24, 2.45) is 0 Å². The normalized spacial score (nSPS) is 12.6. The monoisotopic (exact) mass is 536 g/mol. The van der Waals surface area contributed by atoms with Gasteiger partial charge in [0.15, 0.2) is 5.82 Å². The zero-order valence-electron chi connectivity index (χ0n) is 17.3. The zero-order valence-corrected chi connectivity index (χ0v) is 19.6. The van der Waals surface area contributed by atoms with Crippen LogP contribution in [0.2, 0.25) is 15.1 Å². The fraction of sp³-hybridized carbons (Fsp3) is 0.286. The Morgan fingerprint density at radius 2 is 1.79 bits per heavy atom. The van der Waals surface area contributed by atoms with Crippen molar-refractivity contribution >= 4 is 40.7 Å². The van der Waals surface area contributed by atoms with Gasteiger partial charge in [0.05, 0.1) is 29.1 Å². The van der Waals surface area contributed by atoms with Crippen LogP contribution in [0.4, 0.5) is 13.2 Å². The lowest BCUT2D eigenvalue weighted by Crippen LogP contribution is -2.37. The molecular weight excluding hydrogens is 520 g/mol. The number of halogens is 6. The van der Waals surface area contributed by atoms with Crippen molar-refractivity contribution in [3.63, 3.8) is 0 Å². The fourth-order valence-electron chi connectivity index (χ4n) is 3.18.